The number of methoxy groups -OCH3 is 1. The smallest absolute Gasteiger partial charge is 0.212 e. The summed E-state index contributed by atoms with van der Waals surface area (Å²) in [4.78, 5) is 15.5. The first-order chi connectivity index (χ1) is 18.1. The Morgan fingerprint density at radius 3 is 2.65 bits per heavy atom. The van der Waals surface area contributed by atoms with Crippen LogP contribution in [0.5, 0.6) is 5.75 Å². The van der Waals surface area contributed by atoms with Gasteiger partial charge in [0, 0.05) is 41.6 Å². The van der Waals surface area contributed by atoms with E-state index in [2.05, 4.69) is 21.5 Å². The third kappa shape index (κ3) is 5.30. The number of anilines is 2. The number of nitrogens with zero attached hydrogens (tertiary/aromatic N) is 4. The lowest BCUT2D eigenvalue weighted by atomic mass is 10.0. The zero-order valence-corrected chi connectivity index (χ0v) is 21.4. The molecule has 0 spiro atoms. The summed E-state index contributed by atoms with van der Waals surface area (Å²) in [6.07, 6.45) is 2.39. The Bertz CT molecular complexity index is 1400. The van der Waals surface area contributed by atoms with Gasteiger partial charge < -0.3 is 19.1 Å². The molecule has 1 fully saturated rings. The Kier molecular flexibility index (Phi) is 7.66. The highest BCUT2D eigenvalue weighted by molar-refractivity contribution is 8.00. The largest absolute Gasteiger partial charge is 0.494 e. The minimum atomic E-state index is -0.577. The topological polar surface area (TPSA) is 72.4 Å². The number of hydrogen-bond donors (Lipinski definition) is 1. The second-order valence-electron chi connectivity index (χ2n) is 8.53. The van der Waals surface area contributed by atoms with Gasteiger partial charge in [-0.2, -0.15) is 4.39 Å². The maximum Gasteiger partial charge on any atom is 0.212 e. The van der Waals surface area contributed by atoms with Crippen LogP contribution in [0.1, 0.15) is 13.3 Å². The van der Waals surface area contributed by atoms with Gasteiger partial charge in [0.2, 0.25) is 5.95 Å². The molecule has 0 atom stereocenters. The minimum Gasteiger partial charge on any atom is -0.494 e. The average molecular weight is 524 g/mol. The van der Waals surface area contributed by atoms with Crippen LogP contribution in [0, 0.1) is 11.8 Å². The number of aromatic nitrogens is 3. The summed E-state index contributed by atoms with van der Waals surface area (Å²) >= 11 is 1.47. The molecule has 2 aromatic heterocycles. The zero-order chi connectivity index (χ0) is 25.8. The van der Waals surface area contributed by atoms with Gasteiger partial charge in [0.1, 0.15) is 17.1 Å². The zero-order valence-electron chi connectivity index (χ0n) is 20.6. The molecule has 10 heteroatoms. The molecule has 1 aliphatic heterocycles. The molecular weight excluding hydrogens is 496 g/mol. The van der Waals surface area contributed by atoms with E-state index in [1.54, 1.807) is 31.4 Å². The highest BCUT2D eigenvalue weighted by Crippen LogP contribution is 2.39. The molecule has 37 heavy (non-hydrogen) atoms. The van der Waals surface area contributed by atoms with Crippen molar-refractivity contribution >= 4 is 34.4 Å². The fourth-order valence-corrected chi connectivity index (χ4v) is 4.83. The Morgan fingerprint density at radius 1 is 1.08 bits per heavy atom. The number of halogens is 2. The van der Waals surface area contributed by atoms with Crippen LogP contribution in [0.3, 0.4) is 0 Å². The number of ether oxygens (including phenoxy) is 2. The van der Waals surface area contributed by atoms with Crippen molar-refractivity contribution in [3.05, 3.63) is 60.4 Å². The van der Waals surface area contributed by atoms with Gasteiger partial charge in [0.25, 0.3) is 0 Å². The summed E-state index contributed by atoms with van der Waals surface area (Å²) in [5.41, 5.74) is 2.69. The number of benzene rings is 2. The van der Waals surface area contributed by atoms with Crippen LogP contribution in [0.25, 0.3) is 33.4 Å². The van der Waals surface area contributed by atoms with Gasteiger partial charge in [-0.25, -0.2) is 19.3 Å². The lowest BCUT2D eigenvalue weighted by Gasteiger charge is -2.29. The molecule has 0 bridgehead atoms. The van der Waals surface area contributed by atoms with Crippen molar-refractivity contribution in [3.8, 4) is 28.3 Å². The molecule has 192 valence electrons. The van der Waals surface area contributed by atoms with Crippen LogP contribution in [-0.4, -0.2) is 54.1 Å². The van der Waals surface area contributed by atoms with Crippen molar-refractivity contribution in [2.75, 3.05) is 48.8 Å². The fraction of sp³-hybridized carbons (Fsp3) is 0.296. The molecule has 0 amide bonds. The molecule has 2 aromatic carbocycles. The number of hydrogen-bond acceptors (Lipinski definition) is 8. The fourth-order valence-electron chi connectivity index (χ4n) is 4.21. The third-order valence-corrected chi connectivity index (χ3v) is 7.04. The molecule has 0 radical (unpaired) electrons. The lowest BCUT2D eigenvalue weighted by Crippen LogP contribution is -2.37. The third-order valence-electron chi connectivity index (χ3n) is 6.06. The predicted octanol–water partition coefficient (Wildman–Crippen LogP) is 5.95. The number of rotatable bonds is 8. The summed E-state index contributed by atoms with van der Waals surface area (Å²) in [5, 5.41) is 0.730. The molecule has 5 rings (SSSR count). The van der Waals surface area contributed by atoms with Crippen LogP contribution >= 0.6 is 11.9 Å². The second kappa shape index (κ2) is 11.3. The first-order valence-corrected chi connectivity index (χ1v) is 13.1. The lowest BCUT2D eigenvalue weighted by molar-refractivity contribution is 0.122. The van der Waals surface area contributed by atoms with Crippen molar-refractivity contribution in [2.24, 2.45) is 0 Å². The first-order valence-electron chi connectivity index (χ1n) is 12.1. The standard InChI is InChI=1S/C27H27F2N5O2S/c1-3-13-37-33-21-6-4-5-19(24(21)29)18-14-20-25(22(15-18)35-2)31-26(17-7-8-23(28)30-16-17)32-27(20)34-9-11-36-12-10-34/h4-8,14-16,33H,3,9-13H2,1-2H3. The van der Waals surface area contributed by atoms with E-state index in [0.29, 0.717) is 71.6 Å². The number of nitrogens with one attached hydrogen (secondary N) is 1. The van der Waals surface area contributed by atoms with Crippen LogP contribution < -0.4 is 14.4 Å². The van der Waals surface area contributed by atoms with E-state index in [9.17, 15) is 4.39 Å². The summed E-state index contributed by atoms with van der Waals surface area (Å²) in [7, 11) is 1.56. The van der Waals surface area contributed by atoms with E-state index in [4.69, 9.17) is 19.4 Å². The average Bonchev–Trinajstić information content (AvgIpc) is 2.94. The molecule has 7 nitrogen and oxygen atoms in total. The van der Waals surface area contributed by atoms with Crippen LogP contribution in [-0.2, 0) is 4.74 Å². The van der Waals surface area contributed by atoms with Gasteiger partial charge >= 0.3 is 0 Å². The molecule has 1 N–H and O–H groups in total. The Morgan fingerprint density at radius 2 is 1.92 bits per heavy atom. The van der Waals surface area contributed by atoms with Gasteiger partial charge in [-0.15, -0.1) is 0 Å². The van der Waals surface area contributed by atoms with Crippen LogP contribution in [0.4, 0.5) is 20.3 Å². The predicted molar refractivity (Wildman–Crippen MR) is 144 cm³/mol. The van der Waals surface area contributed by atoms with Crippen LogP contribution in [0.2, 0.25) is 0 Å². The summed E-state index contributed by atoms with van der Waals surface area (Å²) in [5.74, 6) is 1.53. The minimum absolute atomic E-state index is 0.338. The molecule has 1 aliphatic rings. The maximum atomic E-state index is 15.6. The van der Waals surface area contributed by atoms with Crippen molar-refractivity contribution in [1.82, 2.24) is 15.0 Å². The normalized spacial score (nSPS) is 13.7. The van der Waals surface area contributed by atoms with Gasteiger partial charge in [0.05, 0.1) is 26.0 Å². The van der Waals surface area contributed by atoms with Gasteiger partial charge in [-0.1, -0.05) is 31.0 Å². The monoisotopic (exact) mass is 523 g/mol. The number of morpholine rings is 1. The summed E-state index contributed by atoms with van der Waals surface area (Å²) in [6.45, 7) is 4.49. The van der Waals surface area contributed by atoms with Gasteiger partial charge in [-0.05, 0) is 42.3 Å². The van der Waals surface area contributed by atoms with E-state index < -0.39 is 5.95 Å². The molecule has 1 saturated heterocycles. The van der Waals surface area contributed by atoms with E-state index >= 15 is 4.39 Å². The molecular formula is C27H27F2N5O2S. The first kappa shape index (κ1) is 25.2. The molecule has 0 unspecified atom stereocenters. The Labute approximate surface area is 218 Å². The summed E-state index contributed by atoms with van der Waals surface area (Å²) < 4.78 is 43.5. The van der Waals surface area contributed by atoms with E-state index in [0.717, 1.165) is 17.6 Å². The van der Waals surface area contributed by atoms with Crippen molar-refractivity contribution in [1.29, 1.82) is 0 Å². The number of pyridine rings is 1. The maximum absolute atomic E-state index is 15.6. The highest BCUT2D eigenvalue weighted by atomic mass is 32.2. The second-order valence-corrected chi connectivity index (χ2v) is 9.43. The Hall–Kier alpha value is -3.50. The summed E-state index contributed by atoms with van der Waals surface area (Å²) in [6, 6.07) is 11.9. The molecule has 0 aliphatic carbocycles. The Balaban J connectivity index is 1.68. The SMILES string of the molecule is CCCSNc1cccc(-c2cc(OC)c3nc(-c4ccc(F)nc4)nc(N4CCOCC4)c3c2)c1F. The van der Waals surface area contributed by atoms with Crippen molar-refractivity contribution in [3.63, 3.8) is 0 Å². The van der Waals surface area contributed by atoms with Crippen molar-refractivity contribution in [2.45, 2.75) is 13.3 Å². The van der Waals surface area contributed by atoms with E-state index in [1.165, 1.54) is 24.2 Å². The van der Waals surface area contributed by atoms with E-state index in [-0.39, 0.29) is 5.82 Å². The van der Waals surface area contributed by atoms with Crippen molar-refractivity contribution < 1.29 is 18.3 Å². The van der Waals surface area contributed by atoms with Crippen LogP contribution in [0.15, 0.2) is 48.7 Å². The molecule has 3 heterocycles. The van der Waals surface area contributed by atoms with Gasteiger partial charge in [-0.3, -0.25) is 0 Å². The number of fused-ring (bicyclic) bond motifs is 1. The highest BCUT2D eigenvalue weighted by Gasteiger charge is 2.22. The van der Waals surface area contributed by atoms with Gasteiger partial charge in [0.15, 0.2) is 11.6 Å². The molecule has 0 saturated carbocycles. The van der Waals surface area contributed by atoms with E-state index in [1.807, 2.05) is 12.1 Å². The quantitative estimate of drug-likeness (QED) is 0.173. The molecule has 4 aromatic rings.